The van der Waals surface area contributed by atoms with Crippen molar-refractivity contribution in [3.05, 3.63) is 0 Å². The molecule has 0 amide bonds. The normalized spacial score (nSPS) is 11.4. The van der Waals surface area contributed by atoms with Crippen molar-refractivity contribution in [2.24, 2.45) is 3.96 Å². The van der Waals surface area contributed by atoms with Crippen LogP contribution in [0.3, 0.4) is 0 Å². The van der Waals surface area contributed by atoms with Crippen molar-refractivity contribution in [1.82, 2.24) is 0 Å². The molecule has 0 aliphatic rings. The summed E-state index contributed by atoms with van der Waals surface area (Å²) in [5, 5.41) is 0. The summed E-state index contributed by atoms with van der Waals surface area (Å²) in [4.78, 5) is 0. The molecule has 2 radical (unpaired) electrons. The summed E-state index contributed by atoms with van der Waals surface area (Å²) in [5.74, 6) is 0. The molecule has 0 rings (SSSR count). The number of unbranched alkanes of at least 4 members (excludes halogenated alkanes) is 9. The first-order chi connectivity index (χ1) is 19.4. The molecular weight excluding hydrogens is 803 g/mol. The van der Waals surface area contributed by atoms with Crippen LogP contribution in [-0.2, 0) is 0 Å². The summed E-state index contributed by atoms with van der Waals surface area (Å²) in [5.41, 5.74) is 0. The van der Waals surface area contributed by atoms with Gasteiger partial charge in [-0.1, -0.05) is 0 Å². The van der Waals surface area contributed by atoms with Crippen LogP contribution in [0.4, 0.5) is 0 Å². The number of rotatable bonds is 27. The van der Waals surface area contributed by atoms with E-state index in [2.05, 4.69) is 62.3 Å². The predicted molar refractivity (Wildman–Crippen MR) is 199 cm³/mol. The van der Waals surface area contributed by atoms with E-state index in [1.165, 1.54) is 129 Å². The molecule has 0 bridgehead atoms. The van der Waals surface area contributed by atoms with Crippen molar-refractivity contribution >= 4 is 58.2 Å². The molecule has 0 atom stereocenters. The molecular formula is C36H83NSn3. The molecule has 0 spiro atoms. The van der Waals surface area contributed by atoms with Crippen LogP contribution in [0.2, 0.25) is 39.9 Å². The van der Waals surface area contributed by atoms with Gasteiger partial charge in [0.25, 0.3) is 0 Å². The maximum atomic E-state index is 6.67. The molecule has 0 aromatic carbocycles. The van der Waals surface area contributed by atoms with Gasteiger partial charge in [-0.2, -0.15) is 0 Å². The third-order valence-corrected chi connectivity index (χ3v) is 38.1. The molecule has 244 valence electrons. The summed E-state index contributed by atoms with van der Waals surface area (Å²) in [6, 6.07) is 0. The Morgan fingerprint density at radius 3 is 0.650 bits per heavy atom. The monoisotopic (exact) mass is 889 g/mol. The van der Waals surface area contributed by atoms with E-state index in [1.807, 2.05) is 0 Å². The number of nitrogens with two attached hydrogens (primary N) is 1. The van der Waals surface area contributed by atoms with Crippen LogP contribution in [0.15, 0.2) is 0 Å². The quantitative estimate of drug-likeness (QED) is 0.0817. The van der Waals surface area contributed by atoms with Gasteiger partial charge in [0.05, 0.1) is 0 Å². The van der Waals surface area contributed by atoms with Crippen molar-refractivity contribution < 1.29 is 0 Å². The van der Waals surface area contributed by atoms with Gasteiger partial charge in [0.1, 0.15) is 0 Å². The first-order valence-electron chi connectivity index (χ1n) is 18.8. The van der Waals surface area contributed by atoms with Gasteiger partial charge in [-0.25, -0.2) is 0 Å². The SMILES string of the molecule is CCC[CH2][Sn]([CH2]CCC)[CH2]CCC.CCC[CH2][Sn]([CH2]CCC)[CH2]CCC.CCC[CH2][Sn]([NH2])([CH2]CCC)[CH2]CCC. The molecule has 0 fully saturated rings. The van der Waals surface area contributed by atoms with Crippen molar-refractivity contribution in [3.63, 3.8) is 0 Å². The molecule has 0 saturated heterocycles. The standard InChI is InChI=1S/9C4H9.H2N.3Sn/c9*1-3-4-2;;;;/h9*1,3-4H2,2H3;1H2;;;/q;;;;;;;;;-1;;;+1. The van der Waals surface area contributed by atoms with Crippen LogP contribution in [0.5, 0.6) is 0 Å². The Labute approximate surface area is 277 Å². The third-order valence-electron chi connectivity index (χ3n) is 8.39. The van der Waals surface area contributed by atoms with Gasteiger partial charge in [0.15, 0.2) is 0 Å². The fraction of sp³-hybridized carbons (Fsp3) is 1.00. The minimum atomic E-state index is -2.06. The van der Waals surface area contributed by atoms with Crippen LogP contribution < -0.4 is 3.96 Å². The van der Waals surface area contributed by atoms with Crippen LogP contribution in [0.1, 0.15) is 178 Å². The molecule has 0 aliphatic carbocycles. The molecule has 1 nitrogen and oxygen atoms in total. The summed E-state index contributed by atoms with van der Waals surface area (Å²) in [6.07, 6.45) is 25.8. The molecule has 0 aromatic heterocycles. The molecule has 0 unspecified atom stereocenters. The second-order valence-corrected chi connectivity index (χ2v) is 42.0. The number of hydrogen-bond acceptors (Lipinski definition) is 1. The van der Waals surface area contributed by atoms with Gasteiger partial charge in [-0.3, -0.25) is 0 Å². The molecule has 0 aromatic rings. The maximum absolute atomic E-state index is 6.67. The van der Waals surface area contributed by atoms with Gasteiger partial charge >= 0.3 is 280 Å². The summed E-state index contributed by atoms with van der Waals surface area (Å²) in [6.45, 7) is 20.9. The van der Waals surface area contributed by atoms with E-state index < -0.39 is 58.2 Å². The Balaban J connectivity index is -0.000000514. The second kappa shape index (κ2) is 39.4. The minimum absolute atomic E-state index is 0.839. The van der Waals surface area contributed by atoms with Gasteiger partial charge in [0.2, 0.25) is 0 Å². The summed E-state index contributed by atoms with van der Waals surface area (Å²) >= 11 is -3.74. The Morgan fingerprint density at radius 1 is 0.325 bits per heavy atom. The van der Waals surface area contributed by atoms with Gasteiger partial charge in [-0.15, -0.1) is 0 Å². The van der Waals surface area contributed by atoms with Crippen molar-refractivity contribution in [3.8, 4) is 0 Å². The van der Waals surface area contributed by atoms with Gasteiger partial charge < -0.3 is 0 Å². The van der Waals surface area contributed by atoms with Gasteiger partial charge in [-0.05, 0) is 0 Å². The van der Waals surface area contributed by atoms with Gasteiger partial charge in [0, 0.05) is 0 Å². The summed E-state index contributed by atoms with van der Waals surface area (Å²) < 4.78 is 21.0. The van der Waals surface area contributed by atoms with Crippen molar-refractivity contribution in [2.75, 3.05) is 0 Å². The molecule has 2 N–H and O–H groups in total. The van der Waals surface area contributed by atoms with Crippen LogP contribution >= 0.6 is 0 Å². The zero-order valence-corrected chi connectivity index (χ0v) is 38.7. The molecule has 0 saturated carbocycles. The first-order valence-corrected chi connectivity index (χ1v) is 38.6. The fourth-order valence-corrected chi connectivity index (χ4v) is 35.4. The zero-order valence-electron chi connectivity index (χ0n) is 30.2. The van der Waals surface area contributed by atoms with E-state index in [-0.39, 0.29) is 0 Å². The Bertz CT molecular complexity index is 348. The summed E-state index contributed by atoms with van der Waals surface area (Å²) in [7, 11) is 0. The first kappa shape index (κ1) is 46.8. The van der Waals surface area contributed by atoms with E-state index in [1.54, 1.807) is 26.6 Å². The number of hydrogen-bond donors (Lipinski definition) is 1. The zero-order chi connectivity index (χ0) is 30.7. The molecule has 4 heteroatoms. The fourth-order valence-electron chi connectivity index (χ4n) is 5.27. The van der Waals surface area contributed by atoms with E-state index in [4.69, 9.17) is 3.96 Å². The molecule has 40 heavy (non-hydrogen) atoms. The van der Waals surface area contributed by atoms with Crippen LogP contribution in [0.25, 0.3) is 0 Å². The molecule has 0 heterocycles. The average Bonchev–Trinajstić information content (AvgIpc) is 2.98. The third kappa shape index (κ3) is 36.5. The van der Waals surface area contributed by atoms with E-state index in [0.29, 0.717) is 0 Å². The topological polar surface area (TPSA) is 26.0 Å². The van der Waals surface area contributed by atoms with E-state index in [9.17, 15) is 0 Å². The van der Waals surface area contributed by atoms with Crippen LogP contribution in [-0.4, -0.2) is 58.2 Å². The van der Waals surface area contributed by atoms with E-state index >= 15 is 0 Å². The van der Waals surface area contributed by atoms with Crippen LogP contribution in [0, 0.1) is 0 Å². The van der Waals surface area contributed by atoms with E-state index in [0.717, 1.165) is 0 Å². The average molecular weight is 886 g/mol. The Morgan fingerprint density at radius 2 is 0.500 bits per heavy atom. The van der Waals surface area contributed by atoms with Crippen molar-refractivity contribution in [2.45, 2.75) is 218 Å². The Kier molecular flexibility index (Phi) is 46.0. The predicted octanol–water partition coefficient (Wildman–Crippen LogP) is 14.1. The molecule has 0 aliphatic heterocycles. The second-order valence-electron chi connectivity index (χ2n) is 12.8. The Hall–Kier alpha value is 2.36. The van der Waals surface area contributed by atoms with Crippen molar-refractivity contribution in [1.29, 1.82) is 0 Å².